The van der Waals surface area contributed by atoms with Gasteiger partial charge in [0.05, 0.1) is 0 Å². The van der Waals surface area contributed by atoms with E-state index in [1.165, 1.54) is 70.8 Å². The van der Waals surface area contributed by atoms with Crippen molar-refractivity contribution >= 4 is 0 Å². The van der Waals surface area contributed by atoms with E-state index in [2.05, 4.69) is 11.9 Å². The summed E-state index contributed by atoms with van der Waals surface area (Å²) in [4.78, 5) is 2.51. The average Bonchev–Trinajstić information content (AvgIpc) is 2.40. The molecule has 106 valence electrons. The van der Waals surface area contributed by atoms with Crippen LogP contribution in [-0.4, -0.2) is 31.1 Å². The van der Waals surface area contributed by atoms with Crippen molar-refractivity contribution in [3.8, 4) is 0 Å². The van der Waals surface area contributed by atoms with Crippen molar-refractivity contribution in [3.63, 3.8) is 0 Å². The van der Waals surface area contributed by atoms with Gasteiger partial charge in [0.25, 0.3) is 0 Å². The molecule has 2 nitrogen and oxygen atoms in total. The van der Waals surface area contributed by atoms with E-state index in [4.69, 9.17) is 5.73 Å². The van der Waals surface area contributed by atoms with Crippen LogP contribution in [0.1, 0.15) is 64.2 Å². The SMILES string of the molecule is CN(CC1CCCCC1)CC(N)C1CCCCC1. The quantitative estimate of drug-likeness (QED) is 0.812. The van der Waals surface area contributed by atoms with Crippen LogP contribution in [0.5, 0.6) is 0 Å². The van der Waals surface area contributed by atoms with Crippen molar-refractivity contribution in [1.82, 2.24) is 4.90 Å². The lowest BCUT2D eigenvalue weighted by Gasteiger charge is -2.33. The van der Waals surface area contributed by atoms with Gasteiger partial charge in [0.2, 0.25) is 0 Å². The van der Waals surface area contributed by atoms with Crippen LogP contribution in [0.4, 0.5) is 0 Å². The maximum Gasteiger partial charge on any atom is 0.0196 e. The van der Waals surface area contributed by atoms with Crippen LogP contribution >= 0.6 is 0 Å². The Bertz CT molecular complexity index is 217. The molecule has 2 fully saturated rings. The van der Waals surface area contributed by atoms with E-state index < -0.39 is 0 Å². The van der Waals surface area contributed by atoms with E-state index in [1.807, 2.05) is 0 Å². The van der Waals surface area contributed by atoms with E-state index in [0.717, 1.165) is 18.4 Å². The molecule has 0 bridgehead atoms. The molecule has 2 aliphatic carbocycles. The molecule has 0 heterocycles. The molecule has 18 heavy (non-hydrogen) atoms. The Balaban J connectivity index is 1.67. The maximum atomic E-state index is 6.41. The minimum absolute atomic E-state index is 0.416. The van der Waals surface area contributed by atoms with Crippen molar-refractivity contribution in [1.29, 1.82) is 0 Å². The summed E-state index contributed by atoms with van der Waals surface area (Å²) in [6, 6.07) is 0.416. The lowest BCUT2D eigenvalue weighted by Crippen LogP contribution is -2.43. The van der Waals surface area contributed by atoms with Crippen LogP contribution in [0.2, 0.25) is 0 Å². The summed E-state index contributed by atoms with van der Waals surface area (Å²) in [5, 5.41) is 0. The molecule has 2 rings (SSSR count). The Morgan fingerprint density at radius 2 is 1.50 bits per heavy atom. The van der Waals surface area contributed by atoms with Gasteiger partial charge in [0.1, 0.15) is 0 Å². The zero-order valence-corrected chi connectivity index (χ0v) is 12.2. The van der Waals surface area contributed by atoms with Crippen LogP contribution < -0.4 is 5.73 Å². The highest BCUT2D eigenvalue weighted by Crippen LogP contribution is 2.27. The zero-order valence-electron chi connectivity index (χ0n) is 12.2. The summed E-state index contributed by atoms with van der Waals surface area (Å²) in [6.45, 7) is 2.39. The molecule has 2 saturated carbocycles. The molecule has 2 heteroatoms. The first-order valence-corrected chi connectivity index (χ1v) is 8.20. The second-order valence-corrected chi connectivity index (χ2v) is 6.79. The number of nitrogens with two attached hydrogens (primary N) is 1. The Morgan fingerprint density at radius 3 is 2.11 bits per heavy atom. The van der Waals surface area contributed by atoms with E-state index >= 15 is 0 Å². The molecule has 0 amide bonds. The molecule has 0 spiro atoms. The summed E-state index contributed by atoms with van der Waals surface area (Å²) in [7, 11) is 2.28. The Kier molecular flexibility index (Phi) is 5.97. The monoisotopic (exact) mass is 252 g/mol. The topological polar surface area (TPSA) is 29.3 Å². The van der Waals surface area contributed by atoms with Gasteiger partial charge in [-0.15, -0.1) is 0 Å². The number of rotatable bonds is 5. The molecular weight excluding hydrogens is 220 g/mol. The van der Waals surface area contributed by atoms with Crippen molar-refractivity contribution in [3.05, 3.63) is 0 Å². The van der Waals surface area contributed by atoms with Crippen LogP contribution in [0.3, 0.4) is 0 Å². The van der Waals surface area contributed by atoms with Gasteiger partial charge in [-0.1, -0.05) is 38.5 Å². The molecule has 0 saturated heterocycles. The molecule has 2 N–H and O–H groups in total. The van der Waals surface area contributed by atoms with Gasteiger partial charge in [0, 0.05) is 19.1 Å². The molecule has 1 atom stereocenters. The molecule has 2 aliphatic rings. The first kappa shape index (κ1) is 14.3. The lowest BCUT2D eigenvalue weighted by atomic mass is 9.84. The van der Waals surface area contributed by atoms with Crippen LogP contribution in [-0.2, 0) is 0 Å². The number of nitrogens with zero attached hydrogens (tertiary/aromatic N) is 1. The van der Waals surface area contributed by atoms with Gasteiger partial charge in [-0.25, -0.2) is 0 Å². The highest BCUT2D eigenvalue weighted by molar-refractivity contribution is 4.79. The summed E-state index contributed by atoms with van der Waals surface area (Å²) in [6.07, 6.45) is 14.3. The third kappa shape index (κ3) is 4.55. The zero-order chi connectivity index (χ0) is 12.8. The summed E-state index contributed by atoms with van der Waals surface area (Å²) in [5.41, 5.74) is 6.41. The minimum atomic E-state index is 0.416. The largest absolute Gasteiger partial charge is 0.326 e. The van der Waals surface area contributed by atoms with Gasteiger partial charge in [-0.2, -0.15) is 0 Å². The van der Waals surface area contributed by atoms with Crippen molar-refractivity contribution in [2.75, 3.05) is 20.1 Å². The molecule has 0 radical (unpaired) electrons. The van der Waals surface area contributed by atoms with E-state index in [1.54, 1.807) is 0 Å². The number of hydrogen-bond acceptors (Lipinski definition) is 2. The van der Waals surface area contributed by atoms with E-state index in [9.17, 15) is 0 Å². The van der Waals surface area contributed by atoms with Crippen molar-refractivity contribution < 1.29 is 0 Å². The van der Waals surface area contributed by atoms with Crippen molar-refractivity contribution in [2.24, 2.45) is 17.6 Å². The van der Waals surface area contributed by atoms with E-state index in [-0.39, 0.29) is 0 Å². The average molecular weight is 252 g/mol. The molecule has 0 aromatic rings. The van der Waals surface area contributed by atoms with E-state index in [0.29, 0.717) is 6.04 Å². The third-order valence-electron chi connectivity index (χ3n) is 5.07. The summed E-state index contributed by atoms with van der Waals surface area (Å²) in [5.74, 6) is 1.75. The fourth-order valence-corrected chi connectivity index (χ4v) is 3.96. The molecule has 0 aliphatic heterocycles. The molecular formula is C16H32N2. The first-order valence-electron chi connectivity index (χ1n) is 8.20. The predicted octanol–water partition coefficient (Wildman–Crippen LogP) is 3.41. The second-order valence-electron chi connectivity index (χ2n) is 6.79. The highest BCUT2D eigenvalue weighted by Gasteiger charge is 2.22. The summed E-state index contributed by atoms with van der Waals surface area (Å²) < 4.78 is 0. The third-order valence-corrected chi connectivity index (χ3v) is 5.07. The van der Waals surface area contributed by atoms with Gasteiger partial charge >= 0.3 is 0 Å². The number of likely N-dealkylation sites (N-methyl/N-ethyl adjacent to an activating group) is 1. The Hall–Kier alpha value is -0.0800. The normalized spacial score (nSPS) is 25.5. The minimum Gasteiger partial charge on any atom is -0.326 e. The van der Waals surface area contributed by atoms with Gasteiger partial charge in [-0.05, 0) is 44.6 Å². The Labute approximate surface area is 113 Å². The fourth-order valence-electron chi connectivity index (χ4n) is 3.96. The lowest BCUT2D eigenvalue weighted by molar-refractivity contribution is 0.193. The summed E-state index contributed by atoms with van der Waals surface area (Å²) >= 11 is 0. The second kappa shape index (κ2) is 7.49. The van der Waals surface area contributed by atoms with Gasteiger partial charge in [-0.3, -0.25) is 0 Å². The smallest absolute Gasteiger partial charge is 0.0196 e. The molecule has 1 unspecified atom stereocenters. The van der Waals surface area contributed by atoms with Gasteiger partial charge in [0.15, 0.2) is 0 Å². The van der Waals surface area contributed by atoms with Gasteiger partial charge < -0.3 is 10.6 Å². The first-order chi connectivity index (χ1) is 8.75. The maximum absolute atomic E-state index is 6.41. The van der Waals surface area contributed by atoms with Crippen LogP contribution in [0.15, 0.2) is 0 Å². The molecule has 0 aromatic carbocycles. The standard InChI is InChI=1S/C16H32N2/c1-18(12-14-8-4-2-5-9-14)13-16(17)15-10-6-3-7-11-15/h14-16H,2-13,17H2,1H3. The van der Waals surface area contributed by atoms with Crippen molar-refractivity contribution in [2.45, 2.75) is 70.3 Å². The van der Waals surface area contributed by atoms with Crippen LogP contribution in [0.25, 0.3) is 0 Å². The Morgan fingerprint density at radius 1 is 0.944 bits per heavy atom. The highest BCUT2D eigenvalue weighted by atomic mass is 15.1. The fraction of sp³-hybridized carbons (Fsp3) is 1.00. The van der Waals surface area contributed by atoms with Crippen LogP contribution in [0, 0.1) is 11.8 Å². The molecule has 0 aromatic heterocycles. The number of hydrogen-bond donors (Lipinski definition) is 1. The predicted molar refractivity (Wildman–Crippen MR) is 78.6 cm³/mol.